The van der Waals surface area contributed by atoms with Gasteiger partial charge in [0.2, 0.25) is 5.91 Å². The number of nitrogens with zero attached hydrogens (tertiary/aromatic N) is 1. The first-order valence-corrected chi connectivity index (χ1v) is 9.58. The summed E-state index contributed by atoms with van der Waals surface area (Å²) >= 11 is 3.46. The number of benzene rings is 2. The van der Waals surface area contributed by atoms with Crippen LogP contribution >= 0.6 is 15.9 Å². The number of carbonyl (C=O) groups excluding carboxylic acids is 1. The molecule has 1 heterocycles. The van der Waals surface area contributed by atoms with Gasteiger partial charge in [0, 0.05) is 23.2 Å². The molecule has 4 rings (SSSR count). The van der Waals surface area contributed by atoms with Crippen LogP contribution in [0.2, 0.25) is 0 Å². The molecule has 1 saturated carbocycles. The lowest BCUT2D eigenvalue weighted by Crippen LogP contribution is -2.36. The van der Waals surface area contributed by atoms with Gasteiger partial charge in [-0.2, -0.15) is 0 Å². The second-order valence-corrected chi connectivity index (χ2v) is 7.73. The topological polar surface area (TPSA) is 41.6 Å². The fourth-order valence-corrected chi connectivity index (χ4v) is 3.85. The number of rotatable bonds is 4. The standard InChI is InChI=1S/C20H20BrFN2O2/c21-15-3-1-2-14(12-15)20(6-7-20)19(25)23-16-4-5-18(17(22)13-16)24-8-10-26-11-9-24/h1-5,12-13H,6-11H2,(H,23,25). The van der Waals surface area contributed by atoms with Gasteiger partial charge in [-0.1, -0.05) is 28.1 Å². The second kappa shape index (κ2) is 7.00. The fourth-order valence-electron chi connectivity index (χ4n) is 3.45. The summed E-state index contributed by atoms with van der Waals surface area (Å²) in [4.78, 5) is 14.8. The van der Waals surface area contributed by atoms with Crippen molar-refractivity contribution >= 4 is 33.2 Å². The smallest absolute Gasteiger partial charge is 0.235 e. The summed E-state index contributed by atoms with van der Waals surface area (Å²) < 4.78 is 20.8. The van der Waals surface area contributed by atoms with Gasteiger partial charge in [0.05, 0.1) is 24.3 Å². The third-order valence-corrected chi connectivity index (χ3v) is 5.61. The van der Waals surface area contributed by atoms with E-state index in [0.717, 1.165) is 22.9 Å². The largest absolute Gasteiger partial charge is 0.378 e. The molecule has 0 radical (unpaired) electrons. The first-order valence-electron chi connectivity index (χ1n) is 8.78. The van der Waals surface area contributed by atoms with E-state index < -0.39 is 5.41 Å². The molecule has 26 heavy (non-hydrogen) atoms. The maximum atomic E-state index is 14.5. The minimum atomic E-state index is -0.497. The van der Waals surface area contributed by atoms with Gasteiger partial charge in [-0.25, -0.2) is 4.39 Å². The minimum Gasteiger partial charge on any atom is -0.378 e. The summed E-state index contributed by atoms with van der Waals surface area (Å²) in [5, 5.41) is 2.90. The quantitative estimate of drug-likeness (QED) is 0.812. The summed E-state index contributed by atoms with van der Waals surface area (Å²) in [6.45, 7) is 2.56. The molecule has 1 N–H and O–H groups in total. The average Bonchev–Trinajstić information content (AvgIpc) is 3.45. The van der Waals surface area contributed by atoms with Crippen molar-refractivity contribution in [2.75, 3.05) is 36.5 Å². The first kappa shape index (κ1) is 17.5. The summed E-state index contributed by atoms with van der Waals surface area (Å²) in [5.74, 6) is -0.397. The van der Waals surface area contributed by atoms with Crippen LogP contribution in [0.5, 0.6) is 0 Å². The highest BCUT2D eigenvalue weighted by molar-refractivity contribution is 9.10. The monoisotopic (exact) mass is 418 g/mol. The van der Waals surface area contributed by atoms with E-state index in [-0.39, 0.29) is 11.7 Å². The molecule has 0 aromatic heterocycles. The van der Waals surface area contributed by atoms with Crippen LogP contribution < -0.4 is 10.2 Å². The van der Waals surface area contributed by atoms with Gasteiger partial charge < -0.3 is 15.0 Å². The summed E-state index contributed by atoms with van der Waals surface area (Å²) in [7, 11) is 0. The molecule has 0 unspecified atom stereocenters. The Labute approximate surface area is 160 Å². The van der Waals surface area contributed by atoms with E-state index >= 15 is 0 Å². The lowest BCUT2D eigenvalue weighted by Gasteiger charge is -2.29. The molecule has 1 aliphatic heterocycles. The van der Waals surface area contributed by atoms with E-state index in [0.29, 0.717) is 37.7 Å². The number of anilines is 2. The zero-order valence-corrected chi connectivity index (χ0v) is 15.9. The van der Waals surface area contributed by atoms with Crippen molar-refractivity contribution < 1.29 is 13.9 Å². The van der Waals surface area contributed by atoms with E-state index in [1.807, 2.05) is 29.2 Å². The Kier molecular flexibility index (Phi) is 4.71. The van der Waals surface area contributed by atoms with E-state index in [1.54, 1.807) is 12.1 Å². The molecule has 6 heteroatoms. The molecule has 0 spiro atoms. The molecule has 2 fully saturated rings. The van der Waals surface area contributed by atoms with Crippen molar-refractivity contribution in [3.63, 3.8) is 0 Å². The third-order valence-electron chi connectivity index (χ3n) is 5.12. The van der Waals surface area contributed by atoms with Crippen LogP contribution in [-0.4, -0.2) is 32.2 Å². The molecule has 2 aliphatic rings. The third kappa shape index (κ3) is 3.35. The highest BCUT2D eigenvalue weighted by atomic mass is 79.9. The van der Waals surface area contributed by atoms with Gasteiger partial charge in [-0.3, -0.25) is 4.79 Å². The molecule has 1 saturated heterocycles. The lowest BCUT2D eigenvalue weighted by molar-refractivity contribution is -0.118. The van der Waals surface area contributed by atoms with Crippen LogP contribution in [0, 0.1) is 5.82 Å². The summed E-state index contributed by atoms with van der Waals surface area (Å²) in [6, 6.07) is 12.7. The predicted octanol–water partition coefficient (Wildman–Crippen LogP) is 4.10. The molecule has 1 amide bonds. The number of hydrogen-bond acceptors (Lipinski definition) is 3. The number of carbonyl (C=O) groups is 1. The second-order valence-electron chi connectivity index (χ2n) is 6.81. The number of morpholine rings is 1. The van der Waals surface area contributed by atoms with Crippen molar-refractivity contribution in [1.29, 1.82) is 0 Å². The van der Waals surface area contributed by atoms with Crippen molar-refractivity contribution in [3.8, 4) is 0 Å². The number of nitrogens with one attached hydrogen (secondary N) is 1. The Morgan fingerprint density at radius 1 is 1.15 bits per heavy atom. The van der Waals surface area contributed by atoms with Crippen LogP contribution in [0.25, 0.3) is 0 Å². The van der Waals surface area contributed by atoms with Gasteiger partial charge in [-0.05, 0) is 48.7 Å². The zero-order valence-electron chi connectivity index (χ0n) is 14.3. The zero-order chi connectivity index (χ0) is 18.1. The van der Waals surface area contributed by atoms with Crippen molar-refractivity contribution in [3.05, 3.63) is 58.3 Å². The van der Waals surface area contributed by atoms with Crippen molar-refractivity contribution in [2.24, 2.45) is 0 Å². The van der Waals surface area contributed by atoms with Gasteiger partial charge in [0.25, 0.3) is 0 Å². The minimum absolute atomic E-state index is 0.0749. The molecular formula is C20H20BrFN2O2. The number of amides is 1. The Bertz CT molecular complexity index is 832. The van der Waals surface area contributed by atoms with E-state index in [9.17, 15) is 9.18 Å². The van der Waals surface area contributed by atoms with Gasteiger partial charge in [0.15, 0.2) is 0 Å². The van der Waals surface area contributed by atoms with Crippen LogP contribution in [0.15, 0.2) is 46.9 Å². The molecule has 136 valence electrons. The summed E-state index contributed by atoms with van der Waals surface area (Å²) in [5.41, 5.74) is 1.54. The van der Waals surface area contributed by atoms with Gasteiger partial charge in [0.1, 0.15) is 5.82 Å². The Morgan fingerprint density at radius 2 is 1.92 bits per heavy atom. The van der Waals surface area contributed by atoms with Gasteiger partial charge >= 0.3 is 0 Å². The number of halogens is 2. The first-order chi connectivity index (χ1) is 12.6. The number of hydrogen-bond donors (Lipinski definition) is 1. The molecule has 2 aromatic carbocycles. The van der Waals surface area contributed by atoms with E-state index in [1.165, 1.54) is 6.07 Å². The molecule has 1 aliphatic carbocycles. The Hall–Kier alpha value is -1.92. The SMILES string of the molecule is O=C(Nc1ccc(N2CCOCC2)c(F)c1)C1(c2cccc(Br)c2)CC1. The maximum Gasteiger partial charge on any atom is 0.235 e. The van der Waals surface area contributed by atoms with Gasteiger partial charge in [-0.15, -0.1) is 0 Å². The maximum absolute atomic E-state index is 14.5. The van der Waals surface area contributed by atoms with Crippen LogP contribution in [-0.2, 0) is 14.9 Å². The predicted molar refractivity (Wildman–Crippen MR) is 103 cm³/mol. The molecule has 4 nitrogen and oxygen atoms in total. The fraction of sp³-hybridized carbons (Fsp3) is 0.350. The normalized spacial score (nSPS) is 18.5. The highest BCUT2D eigenvalue weighted by Crippen LogP contribution is 2.49. The summed E-state index contributed by atoms with van der Waals surface area (Å²) in [6.07, 6.45) is 1.62. The average molecular weight is 419 g/mol. The van der Waals surface area contributed by atoms with E-state index in [2.05, 4.69) is 21.2 Å². The van der Waals surface area contributed by atoms with Crippen LogP contribution in [0.3, 0.4) is 0 Å². The van der Waals surface area contributed by atoms with E-state index in [4.69, 9.17) is 4.74 Å². The Morgan fingerprint density at radius 3 is 2.58 bits per heavy atom. The number of ether oxygens (including phenoxy) is 1. The van der Waals surface area contributed by atoms with Crippen LogP contribution in [0.4, 0.5) is 15.8 Å². The Balaban J connectivity index is 1.50. The van der Waals surface area contributed by atoms with Crippen molar-refractivity contribution in [1.82, 2.24) is 0 Å². The highest BCUT2D eigenvalue weighted by Gasteiger charge is 2.51. The molecule has 2 aromatic rings. The van der Waals surface area contributed by atoms with Crippen molar-refractivity contribution in [2.45, 2.75) is 18.3 Å². The lowest BCUT2D eigenvalue weighted by atomic mass is 9.95. The molecule has 0 atom stereocenters. The molecular weight excluding hydrogens is 399 g/mol. The van der Waals surface area contributed by atoms with Crippen LogP contribution in [0.1, 0.15) is 18.4 Å². The molecule has 0 bridgehead atoms.